The molecule has 15 heavy (non-hydrogen) atoms. The second-order valence-electron chi connectivity index (χ2n) is 4.42. The number of rotatable bonds is 2. The molecule has 0 N–H and O–H groups in total. The monoisotopic (exact) mass is 203 g/mol. The van der Waals surface area contributed by atoms with E-state index in [1.165, 1.54) is 19.3 Å². The molecule has 2 heteroatoms. The summed E-state index contributed by atoms with van der Waals surface area (Å²) in [5, 5.41) is 0. The molecule has 1 fully saturated rings. The van der Waals surface area contributed by atoms with Gasteiger partial charge in [0.1, 0.15) is 5.69 Å². The van der Waals surface area contributed by atoms with Crippen LogP contribution < -0.4 is 0 Å². The number of aryl methyl sites for hydroxylation is 1. The van der Waals surface area contributed by atoms with Crippen molar-refractivity contribution in [2.24, 2.45) is 5.92 Å². The summed E-state index contributed by atoms with van der Waals surface area (Å²) < 4.78 is 0. The highest BCUT2D eigenvalue weighted by atomic mass is 16.1. The summed E-state index contributed by atoms with van der Waals surface area (Å²) in [5.74, 6) is 0.478. The van der Waals surface area contributed by atoms with Crippen LogP contribution in [0.5, 0.6) is 0 Å². The van der Waals surface area contributed by atoms with Crippen molar-refractivity contribution in [2.75, 3.05) is 0 Å². The van der Waals surface area contributed by atoms with E-state index < -0.39 is 0 Å². The Kier molecular flexibility index (Phi) is 3.14. The average molecular weight is 203 g/mol. The van der Waals surface area contributed by atoms with Crippen molar-refractivity contribution in [3.63, 3.8) is 0 Å². The minimum Gasteiger partial charge on any atom is -0.292 e. The molecule has 0 radical (unpaired) electrons. The van der Waals surface area contributed by atoms with Gasteiger partial charge in [0.15, 0.2) is 5.78 Å². The fourth-order valence-electron chi connectivity index (χ4n) is 2.24. The lowest BCUT2D eigenvalue weighted by Crippen LogP contribution is -2.18. The maximum absolute atomic E-state index is 12.1. The van der Waals surface area contributed by atoms with Crippen LogP contribution in [0.3, 0.4) is 0 Å². The predicted molar refractivity (Wildman–Crippen MR) is 59.9 cm³/mol. The lowest BCUT2D eigenvalue weighted by molar-refractivity contribution is 0.0884. The van der Waals surface area contributed by atoms with Gasteiger partial charge < -0.3 is 0 Å². The zero-order valence-electron chi connectivity index (χ0n) is 9.20. The van der Waals surface area contributed by atoms with E-state index in [9.17, 15) is 4.79 Å². The van der Waals surface area contributed by atoms with Gasteiger partial charge in [0.25, 0.3) is 0 Å². The van der Waals surface area contributed by atoms with E-state index in [4.69, 9.17) is 0 Å². The number of nitrogens with zero attached hydrogens (tertiary/aromatic N) is 1. The number of aromatic nitrogens is 1. The summed E-state index contributed by atoms with van der Waals surface area (Å²) in [4.78, 5) is 16.3. The van der Waals surface area contributed by atoms with Crippen LogP contribution >= 0.6 is 0 Å². The van der Waals surface area contributed by atoms with Crippen molar-refractivity contribution >= 4 is 5.78 Å². The number of Topliss-reactive ketones (excluding diaryl/α,β-unsaturated/α-hetero) is 1. The SMILES string of the molecule is Cc1ccnc(C(=O)C2CCCCC2)c1. The molecule has 0 aliphatic heterocycles. The predicted octanol–water partition coefficient (Wildman–Crippen LogP) is 3.15. The molecule has 0 aromatic carbocycles. The van der Waals surface area contributed by atoms with Gasteiger partial charge in [-0.2, -0.15) is 0 Å². The maximum Gasteiger partial charge on any atom is 0.184 e. The summed E-state index contributed by atoms with van der Waals surface area (Å²) >= 11 is 0. The van der Waals surface area contributed by atoms with Crippen LogP contribution in [0, 0.1) is 12.8 Å². The Morgan fingerprint density at radius 1 is 1.33 bits per heavy atom. The molecule has 2 nitrogen and oxygen atoms in total. The van der Waals surface area contributed by atoms with Gasteiger partial charge in [-0.1, -0.05) is 19.3 Å². The fourth-order valence-corrected chi connectivity index (χ4v) is 2.24. The third-order valence-electron chi connectivity index (χ3n) is 3.14. The van der Waals surface area contributed by atoms with E-state index in [2.05, 4.69) is 4.98 Å². The van der Waals surface area contributed by atoms with Gasteiger partial charge in [-0.15, -0.1) is 0 Å². The maximum atomic E-state index is 12.1. The number of hydrogen-bond donors (Lipinski definition) is 0. The van der Waals surface area contributed by atoms with Crippen LogP contribution in [0.25, 0.3) is 0 Å². The Morgan fingerprint density at radius 3 is 2.73 bits per heavy atom. The Balaban J connectivity index is 2.12. The summed E-state index contributed by atoms with van der Waals surface area (Å²) in [5.41, 5.74) is 1.77. The molecule has 1 heterocycles. The lowest BCUT2D eigenvalue weighted by Gasteiger charge is -2.19. The first-order valence-electron chi connectivity index (χ1n) is 5.74. The molecule has 1 aromatic heterocycles. The summed E-state index contributed by atoms with van der Waals surface area (Å²) in [6.45, 7) is 2.00. The van der Waals surface area contributed by atoms with Gasteiger partial charge in [-0.25, -0.2) is 0 Å². The van der Waals surface area contributed by atoms with Crippen molar-refractivity contribution in [1.29, 1.82) is 0 Å². The van der Waals surface area contributed by atoms with Gasteiger partial charge in [-0.05, 0) is 37.5 Å². The molecule has 0 bridgehead atoms. The molecule has 80 valence electrons. The van der Waals surface area contributed by atoms with E-state index in [1.54, 1.807) is 6.20 Å². The molecule has 0 saturated heterocycles. The number of pyridine rings is 1. The first-order chi connectivity index (χ1) is 7.27. The molecule has 1 aliphatic rings. The minimum atomic E-state index is 0.230. The number of hydrogen-bond acceptors (Lipinski definition) is 2. The van der Waals surface area contributed by atoms with Gasteiger partial charge in [0.2, 0.25) is 0 Å². The molecule has 0 amide bonds. The smallest absolute Gasteiger partial charge is 0.184 e. The van der Waals surface area contributed by atoms with Crippen LogP contribution in [-0.2, 0) is 0 Å². The second-order valence-corrected chi connectivity index (χ2v) is 4.42. The highest BCUT2D eigenvalue weighted by Gasteiger charge is 2.22. The van der Waals surface area contributed by atoms with E-state index in [-0.39, 0.29) is 11.7 Å². The quantitative estimate of drug-likeness (QED) is 0.691. The van der Waals surface area contributed by atoms with Crippen molar-refractivity contribution in [3.8, 4) is 0 Å². The van der Waals surface area contributed by atoms with Crippen molar-refractivity contribution in [1.82, 2.24) is 4.98 Å². The third kappa shape index (κ3) is 2.44. The molecule has 0 unspecified atom stereocenters. The highest BCUT2D eigenvalue weighted by molar-refractivity contribution is 5.96. The Bertz CT molecular complexity index is 353. The first kappa shape index (κ1) is 10.3. The van der Waals surface area contributed by atoms with Gasteiger partial charge in [0, 0.05) is 12.1 Å². The Labute approximate surface area is 90.7 Å². The Morgan fingerprint density at radius 2 is 2.07 bits per heavy atom. The molecular formula is C13H17NO. The third-order valence-corrected chi connectivity index (χ3v) is 3.14. The van der Waals surface area contributed by atoms with Crippen molar-refractivity contribution in [2.45, 2.75) is 39.0 Å². The zero-order chi connectivity index (χ0) is 10.7. The van der Waals surface area contributed by atoms with Crippen LogP contribution in [0.1, 0.15) is 48.2 Å². The largest absolute Gasteiger partial charge is 0.292 e. The Hall–Kier alpha value is -1.18. The molecule has 0 spiro atoms. The van der Waals surface area contributed by atoms with Crippen LogP contribution in [0.4, 0.5) is 0 Å². The summed E-state index contributed by atoms with van der Waals surface area (Å²) in [6.07, 6.45) is 7.50. The summed E-state index contributed by atoms with van der Waals surface area (Å²) in [7, 11) is 0. The topological polar surface area (TPSA) is 30.0 Å². The van der Waals surface area contributed by atoms with Crippen molar-refractivity contribution < 1.29 is 4.79 Å². The van der Waals surface area contributed by atoms with Crippen LogP contribution in [0.2, 0.25) is 0 Å². The molecule has 1 saturated carbocycles. The minimum absolute atomic E-state index is 0.230. The first-order valence-corrected chi connectivity index (χ1v) is 5.74. The number of carbonyl (C=O) groups excluding carboxylic acids is 1. The van der Waals surface area contributed by atoms with Crippen LogP contribution in [-0.4, -0.2) is 10.8 Å². The fraction of sp³-hybridized carbons (Fsp3) is 0.538. The normalized spacial score (nSPS) is 17.7. The summed E-state index contributed by atoms with van der Waals surface area (Å²) in [6, 6.07) is 3.83. The number of ketones is 1. The molecule has 1 aromatic rings. The van der Waals surface area contributed by atoms with Gasteiger partial charge >= 0.3 is 0 Å². The molecular weight excluding hydrogens is 186 g/mol. The lowest BCUT2D eigenvalue weighted by atomic mass is 9.85. The highest BCUT2D eigenvalue weighted by Crippen LogP contribution is 2.26. The standard InChI is InChI=1S/C13H17NO/c1-10-7-8-14-12(9-10)13(15)11-5-3-2-4-6-11/h7-9,11H,2-6H2,1H3. The van der Waals surface area contributed by atoms with Gasteiger partial charge in [0.05, 0.1) is 0 Å². The van der Waals surface area contributed by atoms with Crippen LogP contribution in [0.15, 0.2) is 18.3 Å². The second kappa shape index (κ2) is 4.56. The van der Waals surface area contributed by atoms with Gasteiger partial charge in [-0.3, -0.25) is 9.78 Å². The molecule has 2 rings (SSSR count). The molecule has 0 atom stereocenters. The zero-order valence-corrected chi connectivity index (χ0v) is 9.20. The van der Waals surface area contributed by atoms with E-state index >= 15 is 0 Å². The number of carbonyl (C=O) groups is 1. The molecule has 1 aliphatic carbocycles. The van der Waals surface area contributed by atoms with E-state index in [0.717, 1.165) is 18.4 Å². The van der Waals surface area contributed by atoms with E-state index in [0.29, 0.717) is 5.69 Å². The average Bonchev–Trinajstić information content (AvgIpc) is 2.29. The van der Waals surface area contributed by atoms with E-state index in [1.807, 2.05) is 19.1 Å². The van der Waals surface area contributed by atoms with Crippen molar-refractivity contribution in [3.05, 3.63) is 29.6 Å².